The number of rotatable bonds is 5. The van der Waals surface area contributed by atoms with Crippen LogP contribution in [0.4, 0.5) is 10.5 Å². The number of carbonyl (C=O) groups excluding carboxylic acids is 2. The topological polar surface area (TPSA) is 88.7 Å². The first kappa shape index (κ1) is 18.4. The third kappa shape index (κ3) is 5.02. The van der Waals surface area contributed by atoms with Gasteiger partial charge >= 0.3 is 6.03 Å². The van der Waals surface area contributed by atoms with E-state index in [2.05, 4.69) is 16.2 Å². The Morgan fingerprint density at radius 3 is 2.56 bits per heavy atom. The van der Waals surface area contributed by atoms with Crippen molar-refractivity contribution in [2.24, 2.45) is 0 Å². The molecule has 0 aliphatic heterocycles. The molecular weight excluding hydrogens is 346 g/mol. The van der Waals surface area contributed by atoms with Gasteiger partial charge in [0.1, 0.15) is 11.5 Å². The van der Waals surface area contributed by atoms with Crippen LogP contribution < -0.4 is 25.6 Å². The molecular formula is C17H18ClN3O4. The van der Waals surface area contributed by atoms with Crippen molar-refractivity contribution in [3.63, 3.8) is 0 Å². The lowest BCUT2D eigenvalue weighted by Gasteiger charge is -2.13. The van der Waals surface area contributed by atoms with Gasteiger partial charge in [0.05, 0.1) is 25.0 Å². The fourth-order valence-corrected chi connectivity index (χ4v) is 2.22. The molecule has 0 saturated carbocycles. The minimum absolute atomic E-state index is 0.199. The Morgan fingerprint density at radius 2 is 1.84 bits per heavy atom. The fraction of sp³-hybridized carbons (Fsp3) is 0.176. The lowest BCUT2D eigenvalue weighted by molar-refractivity contribution is 0.0935. The van der Waals surface area contributed by atoms with Crippen LogP contribution in [0.3, 0.4) is 0 Å². The van der Waals surface area contributed by atoms with Crippen molar-refractivity contribution in [1.29, 1.82) is 0 Å². The highest BCUT2D eigenvalue weighted by molar-refractivity contribution is 6.31. The first-order valence-corrected chi connectivity index (χ1v) is 7.85. The number of hydrogen-bond acceptors (Lipinski definition) is 4. The molecule has 132 valence electrons. The van der Waals surface area contributed by atoms with Gasteiger partial charge in [0, 0.05) is 5.02 Å². The highest BCUT2D eigenvalue weighted by atomic mass is 35.5. The number of methoxy groups -OCH3 is 1. The van der Waals surface area contributed by atoms with E-state index in [-0.39, 0.29) is 5.56 Å². The number of para-hydroxylation sites is 2. The van der Waals surface area contributed by atoms with E-state index in [1.54, 1.807) is 36.4 Å². The minimum atomic E-state index is -0.624. The summed E-state index contributed by atoms with van der Waals surface area (Å²) in [6, 6.07) is 11.0. The second-order valence-corrected chi connectivity index (χ2v) is 5.24. The van der Waals surface area contributed by atoms with Crippen LogP contribution in [0.15, 0.2) is 42.5 Å². The van der Waals surface area contributed by atoms with E-state index in [0.29, 0.717) is 28.8 Å². The molecule has 2 rings (SSSR count). The van der Waals surface area contributed by atoms with Crippen molar-refractivity contribution in [1.82, 2.24) is 10.9 Å². The Labute approximate surface area is 150 Å². The Hall–Kier alpha value is -2.93. The van der Waals surface area contributed by atoms with E-state index < -0.39 is 11.9 Å². The van der Waals surface area contributed by atoms with E-state index in [4.69, 9.17) is 21.1 Å². The maximum Gasteiger partial charge on any atom is 0.338 e. The molecule has 0 saturated heterocycles. The number of ether oxygens (including phenoxy) is 2. The monoisotopic (exact) mass is 363 g/mol. The van der Waals surface area contributed by atoms with Gasteiger partial charge in [0.2, 0.25) is 0 Å². The average molecular weight is 364 g/mol. The van der Waals surface area contributed by atoms with Crippen LogP contribution in [-0.4, -0.2) is 25.7 Å². The number of benzene rings is 2. The molecule has 0 aliphatic rings. The summed E-state index contributed by atoms with van der Waals surface area (Å²) < 4.78 is 10.5. The zero-order valence-corrected chi connectivity index (χ0v) is 14.5. The van der Waals surface area contributed by atoms with Crippen molar-refractivity contribution in [2.45, 2.75) is 6.92 Å². The normalized spacial score (nSPS) is 9.88. The van der Waals surface area contributed by atoms with Gasteiger partial charge < -0.3 is 14.8 Å². The van der Waals surface area contributed by atoms with Crippen LogP contribution >= 0.6 is 11.6 Å². The number of nitrogens with one attached hydrogen (secondary N) is 3. The highest BCUT2D eigenvalue weighted by Crippen LogP contribution is 2.24. The van der Waals surface area contributed by atoms with E-state index in [1.807, 2.05) is 6.92 Å². The third-order valence-corrected chi connectivity index (χ3v) is 3.37. The average Bonchev–Trinajstić information content (AvgIpc) is 2.61. The SMILES string of the molecule is CCOc1ccccc1NC(=O)NNC(=O)c1cc(Cl)ccc1OC. The Kier molecular flexibility index (Phi) is 6.47. The number of carbonyl (C=O) groups is 2. The van der Waals surface area contributed by atoms with Gasteiger partial charge in [-0.05, 0) is 37.3 Å². The Morgan fingerprint density at radius 1 is 1.08 bits per heavy atom. The molecule has 2 aromatic carbocycles. The molecule has 25 heavy (non-hydrogen) atoms. The molecule has 0 spiro atoms. The zero-order valence-electron chi connectivity index (χ0n) is 13.8. The second kappa shape index (κ2) is 8.79. The van der Waals surface area contributed by atoms with Crippen LogP contribution in [0, 0.1) is 0 Å². The first-order chi connectivity index (χ1) is 12.0. The molecule has 3 amide bonds. The number of urea groups is 1. The summed E-state index contributed by atoms with van der Waals surface area (Å²) in [4.78, 5) is 24.2. The van der Waals surface area contributed by atoms with Gasteiger partial charge in [0.25, 0.3) is 5.91 Å². The second-order valence-electron chi connectivity index (χ2n) is 4.81. The van der Waals surface area contributed by atoms with Crippen LogP contribution in [0.1, 0.15) is 17.3 Å². The number of hydrogen-bond donors (Lipinski definition) is 3. The molecule has 3 N–H and O–H groups in total. The molecule has 0 radical (unpaired) electrons. The van der Waals surface area contributed by atoms with Crippen molar-refractivity contribution in [3.05, 3.63) is 53.1 Å². The quantitative estimate of drug-likeness (QED) is 0.712. The van der Waals surface area contributed by atoms with Crippen molar-refractivity contribution < 1.29 is 19.1 Å². The molecule has 7 nitrogen and oxygen atoms in total. The number of amides is 3. The first-order valence-electron chi connectivity index (χ1n) is 7.47. The van der Waals surface area contributed by atoms with Crippen molar-refractivity contribution in [3.8, 4) is 11.5 Å². The van der Waals surface area contributed by atoms with Crippen LogP contribution in [0.5, 0.6) is 11.5 Å². The summed E-state index contributed by atoms with van der Waals surface area (Å²) in [5.74, 6) is 0.307. The maximum atomic E-state index is 12.2. The lowest BCUT2D eigenvalue weighted by atomic mass is 10.2. The Balaban J connectivity index is 1.98. The van der Waals surface area contributed by atoms with Crippen LogP contribution in [-0.2, 0) is 0 Å². The molecule has 0 unspecified atom stereocenters. The molecule has 0 heterocycles. The molecule has 0 bridgehead atoms. The highest BCUT2D eigenvalue weighted by Gasteiger charge is 2.14. The maximum absolute atomic E-state index is 12.2. The van der Waals surface area contributed by atoms with Gasteiger partial charge in [0.15, 0.2) is 0 Å². The van der Waals surface area contributed by atoms with Gasteiger partial charge in [-0.15, -0.1) is 0 Å². The number of halogens is 1. The molecule has 8 heteroatoms. The zero-order chi connectivity index (χ0) is 18.2. The third-order valence-electron chi connectivity index (χ3n) is 3.13. The van der Waals surface area contributed by atoms with E-state index in [9.17, 15) is 9.59 Å². The predicted molar refractivity (Wildman–Crippen MR) is 95.2 cm³/mol. The summed E-state index contributed by atoms with van der Waals surface area (Å²) in [5, 5.41) is 2.97. The Bertz CT molecular complexity index is 767. The summed E-state index contributed by atoms with van der Waals surface area (Å²) in [7, 11) is 1.44. The van der Waals surface area contributed by atoms with E-state index in [1.165, 1.54) is 13.2 Å². The number of hydrazine groups is 1. The van der Waals surface area contributed by atoms with Crippen LogP contribution in [0.25, 0.3) is 0 Å². The summed E-state index contributed by atoms with van der Waals surface area (Å²) in [6.07, 6.45) is 0. The van der Waals surface area contributed by atoms with E-state index >= 15 is 0 Å². The van der Waals surface area contributed by atoms with Gasteiger partial charge in [-0.1, -0.05) is 23.7 Å². The smallest absolute Gasteiger partial charge is 0.338 e. The molecule has 0 aliphatic carbocycles. The van der Waals surface area contributed by atoms with Gasteiger partial charge in [-0.3, -0.25) is 10.2 Å². The van der Waals surface area contributed by atoms with E-state index in [0.717, 1.165) is 0 Å². The largest absolute Gasteiger partial charge is 0.496 e. The molecule has 2 aromatic rings. The van der Waals surface area contributed by atoms with Crippen LogP contribution in [0.2, 0.25) is 5.02 Å². The van der Waals surface area contributed by atoms with Crippen molar-refractivity contribution >= 4 is 29.2 Å². The van der Waals surface area contributed by atoms with Gasteiger partial charge in [-0.25, -0.2) is 10.2 Å². The summed E-state index contributed by atoms with van der Waals surface area (Å²) in [6.45, 7) is 2.31. The standard InChI is InChI=1S/C17H18ClN3O4/c1-3-25-15-7-5-4-6-13(15)19-17(23)21-20-16(22)12-10-11(18)8-9-14(12)24-2/h4-10H,3H2,1-2H3,(H,20,22)(H2,19,21,23). The fourth-order valence-electron chi connectivity index (χ4n) is 2.04. The lowest BCUT2D eigenvalue weighted by Crippen LogP contribution is -2.44. The summed E-state index contributed by atoms with van der Waals surface area (Å²) in [5.41, 5.74) is 5.24. The molecule has 0 fully saturated rings. The van der Waals surface area contributed by atoms with Gasteiger partial charge in [-0.2, -0.15) is 0 Å². The molecule has 0 atom stereocenters. The minimum Gasteiger partial charge on any atom is -0.496 e. The summed E-state index contributed by atoms with van der Waals surface area (Å²) >= 11 is 5.89. The van der Waals surface area contributed by atoms with Crippen molar-refractivity contribution in [2.75, 3.05) is 19.0 Å². The number of anilines is 1. The predicted octanol–water partition coefficient (Wildman–Crippen LogP) is 3.21. The molecule has 0 aromatic heterocycles.